The number of methoxy groups -OCH3 is 1. The maximum absolute atomic E-state index is 11.0. The van der Waals surface area contributed by atoms with E-state index < -0.39 is 12.0 Å². The molecule has 0 saturated carbocycles. The summed E-state index contributed by atoms with van der Waals surface area (Å²) in [5.41, 5.74) is 6.31. The normalized spacial score (nSPS) is 12.3. The summed E-state index contributed by atoms with van der Waals surface area (Å²) in [7, 11) is 1.29. The van der Waals surface area contributed by atoms with Crippen molar-refractivity contribution in [2.24, 2.45) is 5.73 Å². The Morgan fingerprint density at radius 3 is 2.87 bits per heavy atom. The number of rotatable bonds is 3. The predicted molar refractivity (Wildman–Crippen MR) is 58.0 cm³/mol. The lowest BCUT2D eigenvalue weighted by Gasteiger charge is -2.09. The number of ether oxygens (including phenoxy) is 1. The highest BCUT2D eigenvalue weighted by molar-refractivity contribution is 6.41. The van der Waals surface area contributed by atoms with Crippen molar-refractivity contribution in [3.05, 3.63) is 28.0 Å². The lowest BCUT2D eigenvalue weighted by molar-refractivity contribution is -0.142. The van der Waals surface area contributed by atoms with Crippen molar-refractivity contribution < 1.29 is 9.53 Å². The van der Waals surface area contributed by atoms with Gasteiger partial charge in [-0.2, -0.15) is 0 Å². The number of nitrogens with two attached hydrogens (primary N) is 1. The summed E-state index contributed by atoms with van der Waals surface area (Å²) in [5.74, 6) is -0.471. The Kier molecular flexibility index (Phi) is 4.32. The quantitative estimate of drug-likeness (QED) is 0.650. The molecule has 0 aliphatic rings. The fourth-order valence-corrected chi connectivity index (χ4v) is 1.35. The fourth-order valence-electron chi connectivity index (χ4n) is 1.06. The zero-order valence-electron chi connectivity index (χ0n) is 8.04. The van der Waals surface area contributed by atoms with Gasteiger partial charge in [-0.25, -0.2) is 4.98 Å². The van der Waals surface area contributed by atoms with E-state index in [-0.39, 0.29) is 5.15 Å². The monoisotopic (exact) mass is 248 g/mol. The second-order valence-corrected chi connectivity index (χ2v) is 3.72. The Labute approximate surface area is 97.3 Å². The maximum Gasteiger partial charge on any atom is 0.322 e. The Morgan fingerprint density at radius 2 is 2.33 bits per heavy atom. The van der Waals surface area contributed by atoms with Gasteiger partial charge in [0.05, 0.1) is 12.1 Å². The highest BCUT2D eigenvalue weighted by atomic mass is 35.5. The highest BCUT2D eigenvalue weighted by Crippen LogP contribution is 2.20. The molecule has 0 bridgehead atoms. The van der Waals surface area contributed by atoms with Crippen LogP contribution in [0.5, 0.6) is 0 Å². The van der Waals surface area contributed by atoms with Crippen molar-refractivity contribution in [1.29, 1.82) is 0 Å². The van der Waals surface area contributed by atoms with Crippen LogP contribution in [0.3, 0.4) is 0 Å². The second-order valence-electron chi connectivity index (χ2n) is 2.95. The molecule has 82 valence electrons. The Balaban J connectivity index is 2.73. The van der Waals surface area contributed by atoms with Crippen LogP contribution in [0, 0.1) is 0 Å². The molecule has 0 aromatic carbocycles. The second kappa shape index (κ2) is 5.30. The molecule has 2 N–H and O–H groups in total. The number of carbonyl (C=O) groups excluding carboxylic acids is 1. The predicted octanol–water partition coefficient (Wildman–Crippen LogP) is 1.43. The smallest absolute Gasteiger partial charge is 0.322 e. The molecule has 0 fully saturated rings. The minimum absolute atomic E-state index is 0.229. The van der Waals surface area contributed by atoms with Gasteiger partial charge in [0, 0.05) is 6.20 Å². The van der Waals surface area contributed by atoms with Crippen molar-refractivity contribution in [3.8, 4) is 0 Å². The van der Waals surface area contributed by atoms with E-state index in [1.165, 1.54) is 13.3 Å². The van der Waals surface area contributed by atoms with Gasteiger partial charge in [0.2, 0.25) is 0 Å². The van der Waals surface area contributed by atoms with Crippen molar-refractivity contribution in [1.82, 2.24) is 4.98 Å². The van der Waals surface area contributed by atoms with E-state index >= 15 is 0 Å². The van der Waals surface area contributed by atoms with Crippen LogP contribution in [0.1, 0.15) is 5.56 Å². The number of hydrogen-bond donors (Lipinski definition) is 1. The number of hydrogen-bond acceptors (Lipinski definition) is 4. The molecule has 0 spiro atoms. The molecule has 1 atom stereocenters. The van der Waals surface area contributed by atoms with Gasteiger partial charge < -0.3 is 10.5 Å². The summed E-state index contributed by atoms with van der Waals surface area (Å²) in [6.45, 7) is 0. The molecule has 4 nitrogen and oxygen atoms in total. The molecule has 0 unspecified atom stereocenters. The topological polar surface area (TPSA) is 65.2 Å². The number of carbonyl (C=O) groups is 1. The van der Waals surface area contributed by atoms with E-state index in [2.05, 4.69) is 9.72 Å². The molecule has 1 heterocycles. The first-order valence-corrected chi connectivity index (χ1v) is 4.93. The molecule has 0 saturated heterocycles. The van der Waals surface area contributed by atoms with E-state index in [0.29, 0.717) is 11.4 Å². The molecule has 1 aromatic heterocycles. The largest absolute Gasteiger partial charge is 0.468 e. The number of nitrogens with zero attached hydrogens (tertiary/aromatic N) is 1. The number of aromatic nitrogens is 1. The summed E-state index contributed by atoms with van der Waals surface area (Å²) >= 11 is 11.4. The first-order chi connectivity index (χ1) is 7.04. The Morgan fingerprint density at radius 1 is 1.67 bits per heavy atom. The lowest BCUT2D eigenvalue weighted by Crippen LogP contribution is -2.33. The first-order valence-electron chi connectivity index (χ1n) is 4.18. The molecule has 0 amide bonds. The molecule has 6 heteroatoms. The number of halogens is 2. The minimum atomic E-state index is -0.714. The zero-order valence-corrected chi connectivity index (χ0v) is 9.55. The van der Waals surface area contributed by atoms with Crippen LogP contribution in [0.4, 0.5) is 0 Å². The lowest BCUT2D eigenvalue weighted by atomic mass is 10.1. The first kappa shape index (κ1) is 12.2. The molecular weight excluding hydrogens is 239 g/mol. The molecule has 1 aromatic rings. The van der Waals surface area contributed by atoms with E-state index in [1.807, 2.05) is 0 Å². The summed E-state index contributed by atoms with van der Waals surface area (Å²) in [5, 5.41) is 0.568. The van der Waals surface area contributed by atoms with Crippen molar-refractivity contribution >= 4 is 29.2 Å². The van der Waals surface area contributed by atoms with Gasteiger partial charge in [0.15, 0.2) is 0 Å². The highest BCUT2D eigenvalue weighted by Gasteiger charge is 2.14. The minimum Gasteiger partial charge on any atom is -0.468 e. The third-order valence-corrected chi connectivity index (χ3v) is 2.50. The summed E-state index contributed by atoms with van der Waals surface area (Å²) in [6.07, 6.45) is 1.84. The van der Waals surface area contributed by atoms with E-state index in [0.717, 1.165) is 5.56 Å². The standard InChI is InChI=1S/C9H10Cl2N2O2/c1-15-9(14)7(12)3-5-2-6(10)8(11)13-4-5/h2,4,7H,3,12H2,1H3/t7-/m0/s1. The van der Waals surface area contributed by atoms with Crippen LogP contribution in [0.15, 0.2) is 12.3 Å². The fraction of sp³-hybridized carbons (Fsp3) is 0.333. The molecule has 0 aliphatic carbocycles. The SMILES string of the molecule is COC(=O)[C@@H](N)Cc1cnc(Cl)c(Cl)c1. The van der Waals surface area contributed by atoms with Crippen molar-refractivity contribution in [3.63, 3.8) is 0 Å². The molecular formula is C9H10Cl2N2O2. The van der Waals surface area contributed by atoms with Gasteiger partial charge in [0.1, 0.15) is 11.2 Å². The van der Waals surface area contributed by atoms with Gasteiger partial charge >= 0.3 is 5.97 Å². The van der Waals surface area contributed by atoms with Crippen molar-refractivity contribution in [2.75, 3.05) is 7.11 Å². The maximum atomic E-state index is 11.0. The number of pyridine rings is 1. The summed E-state index contributed by atoms with van der Waals surface area (Å²) < 4.78 is 4.49. The van der Waals surface area contributed by atoms with E-state index in [4.69, 9.17) is 28.9 Å². The van der Waals surface area contributed by atoms with Gasteiger partial charge in [-0.1, -0.05) is 23.2 Å². The Hall–Kier alpha value is -0.840. The molecule has 0 radical (unpaired) electrons. The third-order valence-electron chi connectivity index (χ3n) is 1.81. The number of esters is 1. The van der Waals surface area contributed by atoms with Crippen molar-refractivity contribution in [2.45, 2.75) is 12.5 Å². The summed E-state index contributed by atoms with van der Waals surface area (Å²) in [4.78, 5) is 14.9. The van der Waals surface area contributed by atoms with E-state index in [1.54, 1.807) is 6.07 Å². The van der Waals surface area contributed by atoms with Crippen LogP contribution < -0.4 is 5.73 Å². The Bertz CT molecular complexity index is 371. The van der Waals surface area contributed by atoms with Crippen LogP contribution in [0.2, 0.25) is 10.2 Å². The average Bonchev–Trinajstić information content (AvgIpc) is 2.22. The van der Waals surface area contributed by atoms with Crippen LogP contribution in [-0.4, -0.2) is 24.1 Å². The third kappa shape index (κ3) is 3.34. The molecule has 1 rings (SSSR count). The van der Waals surface area contributed by atoms with Gasteiger partial charge in [-0.05, 0) is 18.1 Å². The zero-order chi connectivity index (χ0) is 11.4. The molecule has 15 heavy (non-hydrogen) atoms. The van der Waals surface area contributed by atoms with Crippen LogP contribution in [-0.2, 0) is 16.0 Å². The van der Waals surface area contributed by atoms with E-state index in [9.17, 15) is 4.79 Å². The van der Waals surface area contributed by atoms with Crippen LogP contribution in [0.25, 0.3) is 0 Å². The summed E-state index contributed by atoms with van der Waals surface area (Å²) in [6, 6.07) is 0.911. The average molecular weight is 249 g/mol. The van der Waals surface area contributed by atoms with Gasteiger partial charge in [-0.15, -0.1) is 0 Å². The van der Waals surface area contributed by atoms with Gasteiger partial charge in [-0.3, -0.25) is 4.79 Å². The van der Waals surface area contributed by atoms with Crippen LogP contribution >= 0.6 is 23.2 Å². The molecule has 0 aliphatic heterocycles. The van der Waals surface area contributed by atoms with Gasteiger partial charge in [0.25, 0.3) is 0 Å².